The number of carbonyl (C=O) groups is 1. The van der Waals surface area contributed by atoms with Crippen LogP contribution in [0.2, 0.25) is 0 Å². The summed E-state index contributed by atoms with van der Waals surface area (Å²) < 4.78 is 1.27. The lowest BCUT2D eigenvalue weighted by atomic mass is 10.1. The number of nitrogens with one attached hydrogen (secondary N) is 1. The zero-order valence-electron chi connectivity index (χ0n) is 17.5. The van der Waals surface area contributed by atoms with E-state index in [4.69, 9.17) is 0 Å². The molecule has 7 nitrogen and oxygen atoms in total. The van der Waals surface area contributed by atoms with Crippen molar-refractivity contribution in [3.8, 4) is 10.4 Å². The molecule has 0 amide bonds. The first-order valence-corrected chi connectivity index (χ1v) is 11.3. The second-order valence-electron chi connectivity index (χ2n) is 7.74. The molecule has 0 unspecified atom stereocenters. The molecular weight excluding hydrogens is 412 g/mol. The van der Waals surface area contributed by atoms with Gasteiger partial charge in [-0.05, 0) is 43.9 Å². The van der Waals surface area contributed by atoms with Crippen LogP contribution in [0, 0.1) is 0 Å². The van der Waals surface area contributed by atoms with Crippen molar-refractivity contribution in [3.63, 3.8) is 0 Å². The van der Waals surface area contributed by atoms with Crippen LogP contribution in [-0.2, 0) is 11.3 Å². The molecule has 31 heavy (non-hydrogen) atoms. The number of aliphatic carboxylic acids is 1. The van der Waals surface area contributed by atoms with Crippen molar-refractivity contribution < 1.29 is 9.90 Å². The largest absolute Gasteiger partial charge is 0.480 e. The van der Waals surface area contributed by atoms with Gasteiger partial charge >= 0.3 is 5.97 Å². The number of nitrogens with zero attached hydrogens (tertiary/aromatic N) is 3. The number of carboxylic acids is 1. The molecule has 1 fully saturated rings. The number of aromatic nitrogens is 2. The number of hydrogen-bond donors (Lipinski definition) is 2. The fourth-order valence-corrected chi connectivity index (χ4v) is 4.87. The molecule has 3 aromatic rings. The Morgan fingerprint density at radius 1 is 1.16 bits per heavy atom. The van der Waals surface area contributed by atoms with Crippen LogP contribution in [0.25, 0.3) is 10.4 Å². The smallest absolute Gasteiger partial charge is 0.323 e. The van der Waals surface area contributed by atoms with Gasteiger partial charge in [-0.25, -0.2) is 4.98 Å². The molecule has 0 aliphatic carbocycles. The lowest BCUT2D eigenvalue weighted by Crippen LogP contribution is -2.38. The average Bonchev–Trinajstić information content (AvgIpc) is 3.28. The van der Waals surface area contributed by atoms with Gasteiger partial charge in [-0.15, -0.1) is 11.3 Å². The van der Waals surface area contributed by atoms with Crippen molar-refractivity contribution in [2.75, 3.05) is 23.3 Å². The van der Waals surface area contributed by atoms with Gasteiger partial charge in [-0.2, -0.15) is 0 Å². The van der Waals surface area contributed by atoms with Crippen molar-refractivity contribution in [2.24, 2.45) is 0 Å². The lowest BCUT2D eigenvalue weighted by molar-refractivity contribution is -0.137. The van der Waals surface area contributed by atoms with Crippen molar-refractivity contribution in [3.05, 3.63) is 63.9 Å². The van der Waals surface area contributed by atoms with E-state index in [1.165, 1.54) is 10.8 Å². The molecule has 0 spiro atoms. The van der Waals surface area contributed by atoms with Crippen LogP contribution in [-0.4, -0.2) is 33.7 Å². The van der Waals surface area contributed by atoms with E-state index in [2.05, 4.69) is 34.6 Å². The first-order chi connectivity index (χ1) is 15.0. The first-order valence-electron chi connectivity index (χ1n) is 10.5. The highest BCUT2D eigenvalue weighted by atomic mass is 32.1. The van der Waals surface area contributed by atoms with E-state index < -0.39 is 12.5 Å². The molecular formula is C23H26N4O3S. The minimum Gasteiger partial charge on any atom is -0.480 e. The molecule has 8 heteroatoms. The van der Waals surface area contributed by atoms with Gasteiger partial charge in [0, 0.05) is 22.8 Å². The third-order valence-electron chi connectivity index (χ3n) is 5.44. The first kappa shape index (κ1) is 21.1. The van der Waals surface area contributed by atoms with Gasteiger partial charge in [0.05, 0.1) is 12.2 Å². The van der Waals surface area contributed by atoms with Gasteiger partial charge in [-0.3, -0.25) is 14.2 Å². The van der Waals surface area contributed by atoms with E-state index in [1.807, 2.05) is 30.0 Å². The molecule has 1 atom stereocenters. The molecule has 1 aliphatic rings. The van der Waals surface area contributed by atoms with Crippen molar-refractivity contribution >= 4 is 28.9 Å². The Balaban J connectivity index is 1.58. The molecule has 0 bridgehead atoms. The van der Waals surface area contributed by atoms with Crippen molar-refractivity contribution in [2.45, 2.75) is 38.8 Å². The van der Waals surface area contributed by atoms with E-state index >= 15 is 0 Å². The molecule has 2 N–H and O–H groups in total. The second kappa shape index (κ2) is 9.34. The standard InChI is InChI=1S/C23H26N4O3S/c1-16(19-10-11-20(31-19)17-8-4-2-5-9-17)25-18-14-24-23(26-12-6-3-7-13-26)27(22(18)30)15-21(28)29/h2,4-5,8-11,14,16,25H,3,6-7,12-13,15H2,1H3,(H,28,29)/t16-/m1/s1. The van der Waals surface area contributed by atoms with Crippen LogP contribution < -0.4 is 15.8 Å². The Morgan fingerprint density at radius 3 is 2.61 bits per heavy atom. The van der Waals surface area contributed by atoms with Gasteiger partial charge in [0.25, 0.3) is 5.56 Å². The predicted molar refractivity (Wildman–Crippen MR) is 124 cm³/mol. The zero-order chi connectivity index (χ0) is 21.8. The maximum Gasteiger partial charge on any atom is 0.323 e. The SMILES string of the molecule is C[C@@H](Nc1cnc(N2CCCCC2)n(CC(=O)O)c1=O)c1ccc(-c2ccccc2)s1. The van der Waals surface area contributed by atoms with Crippen LogP contribution in [0.4, 0.5) is 11.6 Å². The Kier molecular flexibility index (Phi) is 6.36. The Bertz CT molecular complexity index is 1100. The van der Waals surface area contributed by atoms with Crippen molar-refractivity contribution in [1.29, 1.82) is 0 Å². The summed E-state index contributed by atoms with van der Waals surface area (Å²) in [5.74, 6) is -0.620. The van der Waals surface area contributed by atoms with Crippen LogP contribution >= 0.6 is 11.3 Å². The van der Waals surface area contributed by atoms with Crippen LogP contribution in [0.1, 0.15) is 37.1 Å². The molecule has 0 saturated carbocycles. The molecule has 1 saturated heterocycles. The highest BCUT2D eigenvalue weighted by Gasteiger charge is 2.21. The highest BCUT2D eigenvalue weighted by Crippen LogP contribution is 2.32. The third kappa shape index (κ3) is 4.80. The topological polar surface area (TPSA) is 87.5 Å². The number of anilines is 2. The Labute approximate surface area is 185 Å². The molecule has 1 aromatic carbocycles. The van der Waals surface area contributed by atoms with Gasteiger partial charge in [0.1, 0.15) is 12.2 Å². The number of benzene rings is 1. The maximum absolute atomic E-state index is 13.1. The summed E-state index contributed by atoms with van der Waals surface area (Å²) in [6.45, 7) is 3.15. The molecule has 1 aliphatic heterocycles. The third-order valence-corrected chi connectivity index (χ3v) is 6.76. The maximum atomic E-state index is 13.1. The number of hydrogen-bond acceptors (Lipinski definition) is 6. The molecule has 4 rings (SSSR count). The van der Waals surface area contributed by atoms with Crippen LogP contribution in [0.3, 0.4) is 0 Å². The number of piperidine rings is 1. The molecule has 2 aromatic heterocycles. The van der Waals surface area contributed by atoms with E-state index in [0.717, 1.165) is 47.7 Å². The molecule has 162 valence electrons. The zero-order valence-corrected chi connectivity index (χ0v) is 18.3. The normalized spacial score (nSPS) is 14.9. The quantitative estimate of drug-likeness (QED) is 0.574. The Morgan fingerprint density at radius 2 is 1.90 bits per heavy atom. The summed E-state index contributed by atoms with van der Waals surface area (Å²) in [6.07, 6.45) is 4.71. The van der Waals surface area contributed by atoms with Crippen molar-refractivity contribution in [1.82, 2.24) is 9.55 Å². The fourth-order valence-electron chi connectivity index (χ4n) is 3.85. The van der Waals surface area contributed by atoms with E-state index in [9.17, 15) is 14.7 Å². The highest BCUT2D eigenvalue weighted by molar-refractivity contribution is 7.15. The summed E-state index contributed by atoms with van der Waals surface area (Å²) >= 11 is 1.67. The fraction of sp³-hybridized carbons (Fsp3) is 0.348. The Hall–Kier alpha value is -3.13. The van der Waals surface area contributed by atoms with Gasteiger partial charge in [0.2, 0.25) is 5.95 Å². The van der Waals surface area contributed by atoms with Gasteiger partial charge in [0.15, 0.2) is 0 Å². The monoisotopic (exact) mass is 438 g/mol. The summed E-state index contributed by atoms with van der Waals surface area (Å²) in [5.41, 5.74) is 1.11. The molecule has 3 heterocycles. The summed E-state index contributed by atoms with van der Waals surface area (Å²) in [4.78, 5) is 33.3. The number of rotatable bonds is 7. The van der Waals surface area contributed by atoms with Gasteiger partial charge in [-0.1, -0.05) is 30.3 Å². The number of carboxylic acid groups (broad SMARTS) is 1. The van der Waals surface area contributed by atoms with E-state index in [-0.39, 0.29) is 11.6 Å². The second-order valence-corrected chi connectivity index (χ2v) is 8.85. The average molecular weight is 439 g/mol. The van der Waals surface area contributed by atoms with Crippen LogP contribution in [0.5, 0.6) is 0 Å². The summed E-state index contributed by atoms with van der Waals surface area (Å²) in [6, 6.07) is 14.2. The minimum atomic E-state index is -1.06. The van der Waals surface area contributed by atoms with Gasteiger partial charge < -0.3 is 15.3 Å². The lowest BCUT2D eigenvalue weighted by Gasteiger charge is -2.29. The van der Waals surface area contributed by atoms with Crippen LogP contribution in [0.15, 0.2) is 53.5 Å². The summed E-state index contributed by atoms with van der Waals surface area (Å²) in [5, 5.41) is 12.6. The predicted octanol–water partition coefficient (Wildman–Crippen LogP) is 4.22. The summed E-state index contributed by atoms with van der Waals surface area (Å²) in [7, 11) is 0. The van der Waals surface area contributed by atoms with E-state index in [0.29, 0.717) is 11.6 Å². The number of thiophene rings is 1. The minimum absolute atomic E-state index is 0.115. The van der Waals surface area contributed by atoms with E-state index in [1.54, 1.807) is 11.3 Å². The molecule has 0 radical (unpaired) electrons.